The molecule has 0 saturated heterocycles. The first kappa shape index (κ1) is 24.4. The summed E-state index contributed by atoms with van der Waals surface area (Å²) in [6, 6.07) is 10.3. The Kier molecular flexibility index (Phi) is 8.80. The van der Waals surface area contributed by atoms with E-state index >= 15 is 0 Å². The van der Waals surface area contributed by atoms with Crippen LogP contribution in [0.1, 0.15) is 72.1 Å². The van der Waals surface area contributed by atoms with Gasteiger partial charge in [0.15, 0.2) is 5.78 Å². The lowest BCUT2D eigenvalue weighted by molar-refractivity contribution is -0.114. The van der Waals surface area contributed by atoms with E-state index in [9.17, 15) is 4.79 Å². The number of para-hydroxylation sites is 1. The minimum absolute atomic E-state index is 0.348. The van der Waals surface area contributed by atoms with Crippen molar-refractivity contribution >= 4 is 11.5 Å². The van der Waals surface area contributed by atoms with Gasteiger partial charge in [0, 0.05) is 32.1 Å². The van der Waals surface area contributed by atoms with Crippen molar-refractivity contribution in [1.82, 2.24) is 0 Å². The Labute approximate surface area is 196 Å². The van der Waals surface area contributed by atoms with Crippen LogP contribution in [-0.4, -0.2) is 19.9 Å². The molecule has 2 saturated carbocycles. The zero-order chi connectivity index (χ0) is 23.1. The molecule has 2 nitrogen and oxygen atoms in total. The second-order valence-corrected chi connectivity index (χ2v) is 9.46. The highest BCUT2D eigenvalue weighted by molar-refractivity contribution is 5.93. The van der Waals surface area contributed by atoms with E-state index in [1.54, 1.807) is 11.1 Å². The Morgan fingerprint density at radius 2 is 1.62 bits per heavy atom. The maximum absolute atomic E-state index is 11.7. The maximum Gasteiger partial charge on any atom is 0.156 e. The number of benzene rings is 1. The highest BCUT2D eigenvalue weighted by Gasteiger charge is 2.45. The first-order valence-corrected chi connectivity index (χ1v) is 12.7. The molecule has 0 amide bonds. The standard InChI is InChI=1S/C20H24O.C8H11N.C2H6/c1-2-3-13-4-7-18-16(13)10-11-19-17-9-6-15(21)12-14(17)5-8-20(18)19;1-9(2)8-6-4-3-5-7-8;1-2/h12-13,16,18,20H,4-11H2,1H3;3-7H,1-2H3;1-2H3/t13-,16?,18?,20?;;/m0../s1. The van der Waals surface area contributed by atoms with Gasteiger partial charge in [-0.05, 0) is 99.0 Å². The van der Waals surface area contributed by atoms with Gasteiger partial charge < -0.3 is 4.90 Å². The normalized spacial score (nSPS) is 27.7. The molecule has 0 aromatic heterocycles. The van der Waals surface area contributed by atoms with Gasteiger partial charge in [0.25, 0.3) is 0 Å². The van der Waals surface area contributed by atoms with Crippen molar-refractivity contribution in [3.8, 4) is 11.8 Å². The van der Waals surface area contributed by atoms with Gasteiger partial charge in [0.05, 0.1) is 0 Å². The second-order valence-electron chi connectivity index (χ2n) is 9.46. The molecule has 32 heavy (non-hydrogen) atoms. The Morgan fingerprint density at radius 3 is 2.28 bits per heavy atom. The number of fused-ring (bicyclic) bond motifs is 4. The molecule has 4 atom stereocenters. The first-order valence-electron chi connectivity index (χ1n) is 12.7. The van der Waals surface area contributed by atoms with Crippen molar-refractivity contribution in [2.24, 2.45) is 23.7 Å². The molecule has 2 fully saturated rings. The summed E-state index contributed by atoms with van der Waals surface area (Å²) in [7, 11) is 4.07. The van der Waals surface area contributed by atoms with Crippen molar-refractivity contribution in [3.05, 3.63) is 53.1 Å². The lowest BCUT2D eigenvalue weighted by atomic mass is 9.62. The number of anilines is 1. The summed E-state index contributed by atoms with van der Waals surface area (Å²) < 4.78 is 0. The molecule has 0 aliphatic heterocycles. The lowest BCUT2D eigenvalue weighted by Gasteiger charge is -2.42. The molecule has 4 aliphatic rings. The fourth-order valence-corrected chi connectivity index (χ4v) is 6.30. The van der Waals surface area contributed by atoms with Crippen LogP contribution in [0.5, 0.6) is 0 Å². The Morgan fingerprint density at radius 1 is 0.875 bits per heavy atom. The molecule has 3 unspecified atom stereocenters. The van der Waals surface area contributed by atoms with Crippen molar-refractivity contribution in [2.45, 2.75) is 72.1 Å². The molecule has 4 aliphatic carbocycles. The fourth-order valence-electron chi connectivity index (χ4n) is 6.30. The van der Waals surface area contributed by atoms with Gasteiger partial charge >= 0.3 is 0 Å². The van der Waals surface area contributed by atoms with Crippen molar-refractivity contribution in [2.75, 3.05) is 19.0 Å². The summed E-state index contributed by atoms with van der Waals surface area (Å²) in [4.78, 5) is 13.7. The number of nitrogens with zero attached hydrogens (tertiary/aromatic N) is 1. The average Bonchev–Trinajstić information content (AvgIpc) is 3.24. The highest BCUT2D eigenvalue weighted by Crippen LogP contribution is 2.55. The molecular formula is C30H41NO. The summed E-state index contributed by atoms with van der Waals surface area (Å²) in [6.07, 6.45) is 11.4. The number of hydrogen-bond donors (Lipinski definition) is 0. The van der Waals surface area contributed by atoms with Crippen LogP contribution < -0.4 is 4.90 Å². The Balaban J connectivity index is 0.000000222. The molecule has 0 spiro atoms. The minimum Gasteiger partial charge on any atom is -0.378 e. The van der Waals surface area contributed by atoms with Crippen LogP contribution in [0.2, 0.25) is 0 Å². The molecule has 1 aromatic carbocycles. The van der Waals surface area contributed by atoms with Gasteiger partial charge in [-0.3, -0.25) is 4.79 Å². The Bertz CT molecular complexity index is 896. The largest absolute Gasteiger partial charge is 0.378 e. The van der Waals surface area contributed by atoms with Crippen molar-refractivity contribution in [1.29, 1.82) is 0 Å². The molecule has 172 valence electrons. The second kappa shape index (κ2) is 11.6. The quantitative estimate of drug-likeness (QED) is 0.437. The van der Waals surface area contributed by atoms with Gasteiger partial charge in [-0.2, -0.15) is 0 Å². The maximum atomic E-state index is 11.7. The third-order valence-electron chi connectivity index (χ3n) is 7.65. The molecule has 1 aromatic rings. The molecule has 0 bridgehead atoms. The number of carbonyl (C=O) groups excluding carboxylic acids is 1. The fraction of sp³-hybridized carbons (Fsp3) is 0.567. The number of ketones is 1. The average molecular weight is 432 g/mol. The van der Waals surface area contributed by atoms with E-state index in [1.165, 1.54) is 43.4 Å². The molecule has 5 rings (SSSR count). The van der Waals surface area contributed by atoms with Crippen LogP contribution in [0, 0.1) is 35.5 Å². The number of hydrogen-bond acceptors (Lipinski definition) is 2. The van der Waals surface area contributed by atoms with Crippen LogP contribution in [0.4, 0.5) is 5.69 Å². The van der Waals surface area contributed by atoms with Crippen LogP contribution in [0.25, 0.3) is 0 Å². The number of allylic oxidation sites excluding steroid dienone is 4. The zero-order valence-corrected chi connectivity index (χ0v) is 20.8. The molecule has 0 heterocycles. The molecular weight excluding hydrogens is 390 g/mol. The first-order chi connectivity index (χ1) is 15.6. The number of carbonyl (C=O) groups is 1. The zero-order valence-electron chi connectivity index (χ0n) is 20.8. The van der Waals surface area contributed by atoms with E-state index in [0.29, 0.717) is 11.7 Å². The topological polar surface area (TPSA) is 20.3 Å². The van der Waals surface area contributed by atoms with E-state index in [-0.39, 0.29) is 0 Å². The summed E-state index contributed by atoms with van der Waals surface area (Å²) in [6.45, 7) is 5.99. The monoisotopic (exact) mass is 431 g/mol. The van der Waals surface area contributed by atoms with Gasteiger partial charge in [0.2, 0.25) is 0 Å². The Hall–Kier alpha value is -2.27. The third kappa shape index (κ3) is 5.37. The predicted molar refractivity (Wildman–Crippen MR) is 137 cm³/mol. The molecule has 0 radical (unpaired) electrons. The van der Waals surface area contributed by atoms with E-state index in [2.05, 4.69) is 28.9 Å². The predicted octanol–water partition coefficient (Wildman–Crippen LogP) is 7.22. The lowest BCUT2D eigenvalue weighted by Crippen LogP contribution is -2.32. The van der Waals surface area contributed by atoms with Gasteiger partial charge in [0.1, 0.15) is 0 Å². The van der Waals surface area contributed by atoms with Crippen molar-refractivity contribution < 1.29 is 4.79 Å². The summed E-state index contributed by atoms with van der Waals surface area (Å²) in [5.41, 5.74) is 5.97. The van der Waals surface area contributed by atoms with Gasteiger partial charge in [-0.25, -0.2) is 0 Å². The molecule has 0 N–H and O–H groups in total. The summed E-state index contributed by atoms with van der Waals surface area (Å²) in [5, 5.41) is 0. The van der Waals surface area contributed by atoms with Crippen molar-refractivity contribution in [3.63, 3.8) is 0 Å². The van der Waals surface area contributed by atoms with E-state index in [0.717, 1.165) is 37.0 Å². The van der Waals surface area contributed by atoms with Crippen LogP contribution in [0.15, 0.2) is 53.1 Å². The van der Waals surface area contributed by atoms with Gasteiger partial charge in [-0.15, -0.1) is 5.92 Å². The van der Waals surface area contributed by atoms with Crippen LogP contribution >= 0.6 is 0 Å². The third-order valence-corrected chi connectivity index (χ3v) is 7.65. The SMILES string of the molecule is CC.CC#C[C@H]1CCC2C3CCC4=CC(=O)CCC4=C3CCC21.CN(C)c1ccccc1. The summed E-state index contributed by atoms with van der Waals surface area (Å²) >= 11 is 0. The summed E-state index contributed by atoms with van der Waals surface area (Å²) in [5.74, 6) is 10.2. The smallest absolute Gasteiger partial charge is 0.156 e. The van der Waals surface area contributed by atoms with Crippen LogP contribution in [-0.2, 0) is 4.79 Å². The van der Waals surface area contributed by atoms with E-state index in [1.807, 2.05) is 59.1 Å². The highest BCUT2D eigenvalue weighted by atomic mass is 16.1. The van der Waals surface area contributed by atoms with Crippen LogP contribution in [0.3, 0.4) is 0 Å². The molecule has 2 heteroatoms. The van der Waals surface area contributed by atoms with Gasteiger partial charge in [-0.1, -0.05) is 43.5 Å². The van der Waals surface area contributed by atoms with E-state index < -0.39 is 0 Å². The minimum atomic E-state index is 0.348. The van der Waals surface area contributed by atoms with E-state index in [4.69, 9.17) is 0 Å². The number of rotatable bonds is 1.